The van der Waals surface area contributed by atoms with Crippen LogP contribution in [0.2, 0.25) is 0 Å². The molecular formula is C19H16NO4S-. The largest absolute Gasteiger partial charge is 0.545 e. The van der Waals surface area contributed by atoms with Gasteiger partial charge in [-0.05, 0) is 31.5 Å². The zero-order chi connectivity index (χ0) is 18.1. The number of benzene rings is 2. The van der Waals surface area contributed by atoms with E-state index in [1.54, 1.807) is 24.3 Å². The van der Waals surface area contributed by atoms with Crippen molar-refractivity contribution in [3.63, 3.8) is 0 Å². The van der Waals surface area contributed by atoms with Crippen LogP contribution in [-0.2, 0) is 9.59 Å². The Hall–Kier alpha value is -2.60. The van der Waals surface area contributed by atoms with Gasteiger partial charge in [-0.3, -0.25) is 9.59 Å². The molecule has 1 aliphatic rings. The summed E-state index contributed by atoms with van der Waals surface area (Å²) in [4.78, 5) is 38.0. The summed E-state index contributed by atoms with van der Waals surface area (Å²) in [6.07, 6.45) is 0.0399. The summed E-state index contributed by atoms with van der Waals surface area (Å²) in [5.74, 6) is -1.90. The van der Waals surface area contributed by atoms with Crippen molar-refractivity contribution in [3.8, 4) is 0 Å². The maximum absolute atomic E-state index is 12.8. The molecule has 128 valence electrons. The van der Waals surface area contributed by atoms with Gasteiger partial charge < -0.3 is 9.90 Å². The Balaban J connectivity index is 1.88. The molecular weight excluding hydrogens is 338 g/mol. The molecule has 6 heteroatoms. The number of carbonyl (C=O) groups is 3. The Bertz CT molecular complexity index is 877. The number of rotatable bonds is 4. The van der Waals surface area contributed by atoms with E-state index < -0.39 is 11.2 Å². The Labute approximate surface area is 149 Å². The third kappa shape index (κ3) is 3.30. The highest BCUT2D eigenvalue weighted by Crippen LogP contribution is 2.36. The first-order valence-corrected chi connectivity index (χ1v) is 8.67. The number of nitrogens with zero attached hydrogens (tertiary/aromatic N) is 1. The number of hydrogen-bond acceptors (Lipinski definition) is 5. The molecule has 1 fully saturated rings. The van der Waals surface area contributed by atoms with Crippen LogP contribution in [0.3, 0.4) is 0 Å². The van der Waals surface area contributed by atoms with Crippen molar-refractivity contribution in [1.29, 1.82) is 0 Å². The van der Waals surface area contributed by atoms with Crippen molar-refractivity contribution in [2.24, 2.45) is 0 Å². The molecule has 2 amide bonds. The quantitative estimate of drug-likeness (QED) is 0.786. The minimum atomic E-state index is -1.30. The summed E-state index contributed by atoms with van der Waals surface area (Å²) in [6, 6.07) is 11.9. The lowest BCUT2D eigenvalue weighted by molar-refractivity contribution is -0.255. The molecule has 25 heavy (non-hydrogen) atoms. The van der Waals surface area contributed by atoms with Gasteiger partial charge in [0.05, 0.1) is 16.9 Å². The molecule has 1 aliphatic heterocycles. The summed E-state index contributed by atoms with van der Waals surface area (Å²) in [5.41, 5.74) is 2.51. The first-order valence-electron chi connectivity index (χ1n) is 7.79. The molecule has 3 rings (SSSR count). The van der Waals surface area contributed by atoms with Crippen LogP contribution in [0, 0.1) is 13.8 Å². The number of imide groups is 1. The maximum Gasteiger partial charge on any atom is 0.247 e. The Morgan fingerprint density at radius 1 is 1.16 bits per heavy atom. The lowest BCUT2D eigenvalue weighted by Crippen LogP contribution is -2.31. The summed E-state index contributed by atoms with van der Waals surface area (Å²) in [6.45, 7) is 3.80. The predicted molar refractivity (Wildman–Crippen MR) is 93.4 cm³/mol. The Morgan fingerprint density at radius 3 is 2.56 bits per heavy atom. The van der Waals surface area contributed by atoms with Crippen LogP contribution in [0.1, 0.15) is 27.9 Å². The minimum absolute atomic E-state index is 0.0257. The van der Waals surface area contributed by atoms with Crippen LogP contribution in [0.4, 0.5) is 5.69 Å². The number of aryl methyl sites for hydroxylation is 2. The van der Waals surface area contributed by atoms with Crippen LogP contribution < -0.4 is 10.0 Å². The fourth-order valence-corrected chi connectivity index (χ4v) is 4.07. The number of carbonyl (C=O) groups excluding carboxylic acids is 3. The summed E-state index contributed by atoms with van der Waals surface area (Å²) in [5, 5.41) is 10.6. The molecule has 0 N–H and O–H groups in total. The van der Waals surface area contributed by atoms with Crippen LogP contribution in [0.25, 0.3) is 0 Å². The second-order valence-corrected chi connectivity index (χ2v) is 7.20. The van der Waals surface area contributed by atoms with Crippen LogP contribution in [-0.4, -0.2) is 23.0 Å². The SMILES string of the molecule is Cc1ccc(N2C(=O)C[C@H](Sc3ccccc3C(=O)[O-])C2=O)c(C)c1. The van der Waals surface area contributed by atoms with E-state index in [9.17, 15) is 19.5 Å². The molecule has 5 nitrogen and oxygen atoms in total. The second-order valence-electron chi connectivity index (χ2n) is 5.95. The molecule has 0 unspecified atom stereocenters. The number of amides is 2. The highest BCUT2D eigenvalue weighted by Gasteiger charge is 2.40. The van der Waals surface area contributed by atoms with Crippen LogP contribution in [0.5, 0.6) is 0 Å². The first-order chi connectivity index (χ1) is 11.9. The van der Waals surface area contributed by atoms with Crippen molar-refractivity contribution < 1.29 is 19.5 Å². The van der Waals surface area contributed by atoms with Crippen molar-refractivity contribution in [2.45, 2.75) is 30.4 Å². The third-order valence-electron chi connectivity index (χ3n) is 4.07. The van der Waals surface area contributed by atoms with E-state index in [4.69, 9.17) is 0 Å². The molecule has 0 aliphatic carbocycles. The van der Waals surface area contributed by atoms with Gasteiger partial charge in [-0.1, -0.05) is 35.9 Å². The fraction of sp³-hybridized carbons (Fsp3) is 0.211. The third-order valence-corrected chi connectivity index (χ3v) is 5.34. The topological polar surface area (TPSA) is 77.5 Å². The molecule has 0 bridgehead atoms. The summed E-state index contributed by atoms with van der Waals surface area (Å²) in [7, 11) is 0. The van der Waals surface area contributed by atoms with E-state index in [0.717, 1.165) is 22.9 Å². The zero-order valence-electron chi connectivity index (χ0n) is 13.8. The van der Waals surface area contributed by atoms with Gasteiger partial charge in [0.25, 0.3) is 0 Å². The number of thioether (sulfide) groups is 1. The molecule has 0 spiro atoms. The van der Waals surface area contributed by atoms with Gasteiger partial charge in [-0.25, -0.2) is 4.90 Å². The summed E-state index contributed by atoms with van der Waals surface area (Å²) >= 11 is 1.09. The Morgan fingerprint density at radius 2 is 1.88 bits per heavy atom. The highest BCUT2D eigenvalue weighted by atomic mass is 32.2. The van der Waals surface area contributed by atoms with Gasteiger partial charge in [-0.2, -0.15) is 0 Å². The smallest absolute Gasteiger partial charge is 0.247 e. The standard InChI is InChI=1S/C19H17NO4S/c1-11-7-8-14(12(2)9-11)20-17(21)10-16(18(20)22)25-15-6-4-3-5-13(15)19(23)24/h3-9,16H,10H2,1-2H3,(H,23,24)/p-1/t16-/m0/s1. The number of carboxylic acid groups (broad SMARTS) is 1. The molecule has 0 aromatic heterocycles. The average Bonchev–Trinajstić information content (AvgIpc) is 2.82. The number of carboxylic acids is 1. The zero-order valence-corrected chi connectivity index (χ0v) is 14.6. The number of aromatic carboxylic acids is 1. The van der Waals surface area contributed by atoms with Crippen molar-refractivity contribution >= 4 is 35.2 Å². The maximum atomic E-state index is 12.8. The lowest BCUT2D eigenvalue weighted by atomic mass is 10.1. The monoisotopic (exact) mass is 354 g/mol. The van der Waals surface area contributed by atoms with Gasteiger partial charge in [0.1, 0.15) is 0 Å². The normalized spacial score (nSPS) is 17.2. The van der Waals surface area contributed by atoms with E-state index >= 15 is 0 Å². The fourth-order valence-electron chi connectivity index (χ4n) is 2.90. The molecule has 1 saturated heterocycles. The van der Waals surface area contributed by atoms with Crippen LogP contribution >= 0.6 is 11.8 Å². The minimum Gasteiger partial charge on any atom is -0.545 e. The van der Waals surface area contributed by atoms with Crippen molar-refractivity contribution in [1.82, 2.24) is 0 Å². The van der Waals surface area contributed by atoms with E-state index in [1.807, 2.05) is 26.0 Å². The molecule has 1 heterocycles. The molecule has 0 radical (unpaired) electrons. The van der Waals surface area contributed by atoms with E-state index in [2.05, 4.69) is 0 Å². The Kier molecular flexibility index (Phi) is 4.63. The molecule has 1 atom stereocenters. The second kappa shape index (κ2) is 6.72. The van der Waals surface area contributed by atoms with Gasteiger partial charge in [0.15, 0.2) is 0 Å². The predicted octanol–water partition coefficient (Wildman–Crippen LogP) is 2.09. The van der Waals surface area contributed by atoms with Crippen molar-refractivity contribution in [3.05, 3.63) is 59.2 Å². The van der Waals surface area contributed by atoms with E-state index in [-0.39, 0.29) is 23.8 Å². The molecule has 0 saturated carbocycles. The van der Waals surface area contributed by atoms with E-state index in [0.29, 0.717) is 10.6 Å². The van der Waals surface area contributed by atoms with Crippen molar-refractivity contribution in [2.75, 3.05) is 4.90 Å². The average molecular weight is 354 g/mol. The lowest BCUT2D eigenvalue weighted by Gasteiger charge is -2.18. The van der Waals surface area contributed by atoms with Gasteiger partial charge in [-0.15, -0.1) is 11.8 Å². The van der Waals surface area contributed by atoms with Gasteiger partial charge in [0, 0.05) is 16.9 Å². The van der Waals surface area contributed by atoms with Crippen LogP contribution in [0.15, 0.2) is 47.4 Å². The molecule has 2 aromatic rings. The highest BCUT2D eigenvalue weighted by molar-refractivity contribution is 8.00. The number of hydrogen-bond donors (Lipinski definition) is 0. The molecule has 2 aromatic carbocycles. The van der Waals surface area contributed by atoms with Gasteiger partial charge in [0.2, 0.25) is 11.8 Å². The van der Waals surface area contributed by atoms with E-state index in [1.165, 1.54) is 11.0 Å². The summed E-state index contributed by atoms with van der Waals surface area (Å²) < 4.78 is 0. The number of anilines is 1. The first kappa shape index (κ1) is 17.2. The van der Waals surface area contributed by atoms with Gasteiger partial charge >= 0.3 is 0 Å².